The molecule has 0 spiro atoms. The number of sulfonamides is 2. The van der Waals surface area contributed by atoms with Gasteiger partial charge in [-0.1, -0.05) is 16.3 Å². The average molecular weight is 459 g/mol. The molecule has 0 saturated heterocycles. The summed E-state index contributed by atoms with van der Waals surface area (Å²) in [5.41, 5.74) is -12.3. The first kappa shape index (κ1) is 26.3. The Kier molecular flexibility index (Phi) is 9.52. The van der Waals surface area contributed by atoms with Crippen LogP contribution < -0.4 is 4.13 Å². The van der Waals surface area contributed by atoms with E-state index in [0.717, 1.165) is 32.6 Å². The minimum absolute atomic E-state index is 0.493. The number of hydrogen-bond acceptors (Lipinski definition) is 6. The van der Waals surface area contributed by atoms with Crippen molar-refractivity contribution in [2.75, 3.05) is 19.8 Å². The van der Waals surface area contributed by atoms with Crippen LogP contribution in [0.1, 0.15) is 12.8 Å². The van der Waals surface area contributed by atoms with Crippen LogP contribution in [0.3, 0.4) is 0 Å². The van der Waals surface area contributed by atoms with Crippen LogP contribution in [0.15, 0.2) is 37.7 Å². The van der Waals surface area contributed by atoms with Gasteiger partial charge in [0.25, 0.3) is 0 Å². The summed E-state index contributed by atoms with van der Waals surface area (Å²) in [4.78, 5) is 4.59. The Morgan fingerprint density at radius 2 is 1.14 bits per heavy atom. The second kappa shape index (κ2) is 10.2. The molecule has 1 aliphatic heterocycles. The van der Waals surface area contributed by atoms with Gasteiger partial charge >= 0.3 is 31.1 Å². The largest absolute Gasteiger partial charge is 0.512 e. The number of nitrogens with one attached hydrogen (secondary N) is 1. The van der Waals surface area contributed by atoms with E-state index in [1.54, 1.807) is 0 Å². The van der Waals surface area contributed by atoms with Gasteiger partial charge in [-0.2, -0.15) is 26.3 Å². The minimum Gasteiger partial charge on any atom is -0.358 e. The maximum absolute atomic E-state index is 11.5. The van der Waals surface area contributed by atoms with Gasteiger partial charge < -0.3 is 9.80 Å². The number of hydrogen-bond donors (Lipinski definition) is 1. The summed E-state index contributed by atoms with van der Waals surface area (Å²) in [5.74, 6) is 0. The van der Waals surface area contributed by atoms with E-state index in [2.05, 4.69) is 35.4 Å². The average Bonchev–Trinajstić information content (AvgIpc) is 2.96. The summed E-state index contributed by atoms with van der Waals surface area (Å²) < 4.78 is 108. The molecule has 0 aromatic carbocycles. The Morgan fingerprint density at radius 1 is 0.821 bits per heavy atom. The van der Waals surface area contributed by atoms with Gasteiger partial charge in [0.2, 0.25) is 0 Å². The molecule has 164 valence electrons. The first-order valence-electron chi connectivity index (χ1n) is 7.36. The molecule has 1 rings (SSSR count). The standard InChI is InChI=1S/C11H18N2.C2HF6NO4S2/c1-3-5-7-12-9-10-13(11-12)8-6-4-2;3-1(4,5)14(10,11)9-15(12,13)2(6,7)8/h3-4,9-10H,1-2,5-8,11H2;9H. The molecular weight excluding hydrogens is 440 g/mol. The lowest BCUT2D eigenvalue weighted by molar-refractivity contribution is -0.0476. The number of nitrogens with zero attached hydrogens (tertiary/aromatic N) is 2. The van der Waals surface area contributed by atoms with E-state index < -0.39 is 35.2 Å². The second-order valence-corrected chi connectivity index (χ2v) is 8.81. The van der Waals surface area contributed by atoms with Crippen molar-refractivity contribution in [3.05, 3.63) is 37.7 Å². The predicted octanol–water partition coefficient (Wildman–Crippen LogP) is 2.46. The van der Waals surface area contributed by atoms with Gasteiger partial charge in [0.1, 0.15) is 0 Å². The molecule has 1 heterocycles. The maximum atomic E-state index is 11.5. The van der Waals surface area contributed by atoms with E-state index in [4.69, 9.17) is 0 Å². The van der Waals surface area contributed by atoms with Gasteiger partial charge in [-0.05, 0) is 12.8 Å². The fourth-order valence-electron chi connectivity index (χ4n) is 1.56. The molecule has 0 bridgehead atoms. The minimum atomic E-state index is -6.60. The fourth-order valence-corrected chi connectivity index (χ4v) is 3.47. The summed E-state index contributed by atoms with van der Waals surface area (Å²) in [6.45, 7) is 10.6. The van der Waals surface area contributed by atoms with Crippen LogP contribution in [0.4, 0.5) is 26.3 Å². The van der Waals surface area contributed by atoms with E-state index in [-0.39, 0.29) is 0 Å². The van der Waals surface area contributed by atoms with E-state index in [1.807, 2.05) is 12.2 Å². The van der Waals surface area contributed by atoms with Gasteiger partial charge in [0, 0.05) is 25.5 Å². The first-order valence-corrected chi connectivity index (χ1v) is 10.3. The molecule has 0 atom stereocenters. The molecule has 1 N–H and O–H groups in total. The Labute approximate surface area is 159 Å². The monoisotopic (exact) mass is 459 g/mol. The van der Waals surface area contributed by atoms with Crippen LogP contribution in [-0.4, -0.2) is 57.4 Å². The van der Waals surface area contributed by atoms with Gasteiger partial charge in [-0.3, -0.25) is 0 Å². The highest BCUT2D eigenvalue weighted by Crippen LogP contribution is 2.27. The highest BCUT2D eigenvalue weighted by molar-refractivity contribution is 8.05. The predicted molar refractivity (Wildman–Crippen MR) is 90.1 cm³/mol. The van der Waals surface area contributed by atoms with Crippen LogP contribution in [0.5, 0.6) is 0 Å². The summed E-state index contributed by atoms with van der Waals surface area (Å²) in [6.07, 6.45) is 10.3. The molecule has 0 aromatic heterocycles. The Hall–Kier alpha value is -1.74. The lowest BCUT2D eigenvalue weighted by Crippen LogP contribution is -2.45. The van der Waals surface area contributed by atoms with Gasteiger partial charge in [0.05, 0.1) is 6.67 Å². The molecule has 0 fully saturated rings. The lowest BCUT2D eigenvalue weighted by atomic mass is 10.4. The molecule has 15 heteroatoms. The zero-order valence-electron chi connectivity index (χ0n) is 14.4. The third-order valence-corrected chi connectivity index (χ3v) is 5.90. The summed E-state index contributed by atoms with van der Waals surface area (Å²) in [7, 11) is -13.2. The van der Waals surface area contributed by atoms with Crippen LogP contribution in [0.2, 0.25) is 0 Å². The van der Waals surface area contributed by atoms with Crippen molar-refractivity contribution in [3.8, 4) is 0 Å². The Morgan fingerprint density at radius 3 is 1.39 bits per heavy atom. The highest BCUT2D eigenvalue weighted by Gasteiger charge is 2.55. The van der Waals surface area contributed by atoms with Crippen molar-refractivity contribution in [1.82, 2.24) is 13.9 Å². The Bertz CT molecular complexity index is 698. The first-order chi connectivity index (χ1) is 12.6. The van der Waals surface area contributed by atoms with Gasteiger partial charge in [-0.15, -0.1) is 13.2 Å². The fraction of sp³-hybridized carbons (Fsp3) is 0.538. The molecular formula is C13H19F6N3O4S2. The zero-order chi connectivity index (χ0) is 22.2. The van der Waals surface area contributed by atoms with E-state index >= 15 is 0 Å². The molecule has 1 aliphatic rings. The van der Waals surface area contributed by atoms with Crippen LogP contribution >= 0.6 is 0 Å². The summed E-state index contributed by atoms with van der Waals surface area (Å²) >= 11 is 0. The van der Waals surface area contributed by atoms with Crippen LogP contribution in [-0.2, 0) is 20.0 Å². The number of alkyl halides is 6. The number of halogens is 6. The second-order valence-electron chi connectivity index (χ2n) is 5.20. The van der Waals surface area contributed by atoms with E-state index in [1.165, 1.54) is 0 Å². The molecule has 7 nitrogen and oxygen atoms in total. The van der Waals surface area contributed by atoms with Crippen molar-refractivity contribution in [1.29, 1.82) is 0 Å². The molecule has 0 aliphatic carbocycles. The normalized spacial score (nSPS) is 15.2. The SMILES string of the molecule is C=CCCN1C=CN(CCC=C)C1.O=S(=O)(NS(=O)(=O)C(F)(F)F)C(F)(F)F. The van der Waals surface area contributed by atoms with Crippen molar-refractivity contribution < 1.29 is 43.2 Å². The molecule has 0 radical (unpaired) electrons. The topological polar surface area (TPSA) is 86.8 Å². The van der Waals surface area contributed by atoms with E-state index in [9.17, 15) is 43.2 Å². The van der Waals surface area contributed by atoms with Gasteiger partial charge in [-0.25, -0.2) is 16.8 Å². The molecule has 0 aromatic rings. The van der Waals surface area contributed by atoms with Crippen molar-refractivity contribution in [2.24, 2.45) is 0 Å². The molecule has 0 unspecified atom stereocenters. The third-order valence-electron chi connectivity index (χ3n) is 2.92. The quantitative estimate of drug-likeness (QED) is 0.443. The highest BCUT2D eigenvalue weighted by atomic mass is 32.3. The van der Waals surface area contributed by atoms with Gasteiger partial charge in [0.15, 0.2) is 0 Å². The summed E-state index contributed by atoms with van der Waals surface area (Å²) in [5, 5.41) is 0. The van der Waals surface area contributed by atoms with Crippen LogP contribution in [0.25, 0.3) is 0 Å². The number of rotatable bonds is 8. The smallest absolute Gasteiger partial charge is 0.358 e. The van der Waals surface area contributed by atoms with E-state index in [0.29, 0.717) is 0 Å². The third kappa shape index (κ3) is 8.52. The van der Waals surface area contributed by atoms with Crippen molar-refractivity contribution in [2.45, 2.75) is 23.9 Å². The molecule has 0 saturated carbocycles. The maximum Gasteiger partial charge on any atom is 0.512 e. The van der Waals surface area contributed by atoms with Crippen molar-refractivity contribution >= 4 is 20.0 Å². The Balaban J connectivity index is 0.000000525. The summed E-state index contributed by atoms with van der Waals surface area (Å²) in [6, 6.07) is 0. The van der Waals surface area contributed by atoms with Crippen LogP contribution in [0, 0.1) is 0 Å². The molecule has 28 heavy (non-hydrogen) atoms. The zero-order valence-corrected chi connectivity index (χ0v) is 16.0. The molecule has 0 amide bonds. The van der Waals surface area contributed by atoms with Crippen molar-refractivity contribution in [3.63, 3.8) is 0 Å². The lowest BCUT2D eigenvalue weighted by Gasteiger charge is -2.20.